The molecule has 0 saturated heterocycles. The van der Waals surface area contributed by atoms with Gasteiger partial charge in [0.25, 0.3) is 0 Å². The summed E-state index contributed by atoms with van der Waals surface area (Å²) >= 11 is 5.03. The number of thiophene rings is 1. The summed E-state index contributed by atoms with van der Waals surface area (Å²) in [5, 5.41) is 3.31. The van der Waals surface area contributed by atoms with Crippen LogP contribution in [-0.4, -0.2) is 12.3 Å². The van der Waals surface area contributed by atoms with Gasteiger partial charge < -0.3 is 5.32 Å². The smallest absolute Gasteiger partial charge is 0.168 e. The molecule has 0 amide bonds. The van der Waals surface area contributed by atoms with Crippen LogP contribution < -0.4 is 5.32 Å². The SMILES string of the molecule is O=C(Cc1ccc(Br)s1)c1ccc2c(c1)NCC2. The highest BCUT2D eigenvalue weighted by Gasteiger charge is 2.14. The molecule has 1 N–H and O–H groups in total. The van der Waals surface area contributed by atoms with Gasteiger partial charge in [-0.15, -0.1) is 11.3 Å². The Morgan fingerprint density at radius 2 is 2.22 bits per heavy atom. The highest BCUT2D eigenvalue weighted by Crippen LogP contribution is 2.26. The van der Waals surface area contributed by atoms with E-state index in [4.69, 9.17) is 0 Å². The summed E-state index contributed by atoms with van der Waals surface area (Å²) in [7, 11) is 0. The van der Waals surface area contributed by atoms with Gasteiger partial charge in [-0.05, 0) is 46.1 Å². The molecule has 0 fully saturated rings. The predicted molar refractivity (Wildman–Crippen MR) is 78.7 cm³/mol. The Hall–Kier alpha value is -1.13. The van der Waals surface area contributed by atoms with Gasteiger partial charge in [0.05, 0.1) is 3.79 Å². The van der Waals surface area contributed by atoms with E-state index in [1.54, 1.807) is 11.3 Å². The van der Waals surface area contributed by atoms with Crippen molar-refractivity contribution in [1.82, 2.24) is 0 Å². The second kappa shape index (κ2) is 4.86. The van der Waals surface area contributed by atoms with Gasteiger partial charge in [-0.25, -0.2) is 0 Å². The first kappa shape index (κ1) is 11.9. The Labute approximate surface area is 118 Å². The molecule has 2 heterocycles. The van der Waals surface area contributed by atoms with Crippen LogP contribution in [0.25, 0.3) is 0 Å². The van der Waals surface area contributed by atoms with Crippen LogP contribution in [0.3, 0.4) is 0 Å². The van der Waals surface area contributed by atoms with Crippen LogP contribution in [0.1, 0.15) is 20.8 Å². The first-order valence-corrected chi connectivity index (χ1v) is 7.47. The third-order valence-electron chi connectivity index (χ3n) is 3.11. The third-order valence-corrected chi connectivity index (χ3v) is 4.73. The Balaban J connectivity index is 1.80. The summed E-state index contributed by atoms with van der Waals surface area (Å²) in [6, 6.07) is 9.97. The van der Waals surface area contributed by atoms with Crippen LogP contribution in [-0.2, 0) is 12.8 Å². The molecule has 0 atom stereocenters. The predicted octanol–water partition coefficient (Wildman–Crippen LogP) is 3.90. The van der Waals surface area contributed by atoms with E-state index in [0.29, 0.717) is 6.42 Å². The molecule has 1 aliphatic heterocycles. The molecule has 0 unspecified atom stereocenters. The maximum absolute atomic E-state index is 12.2. The topological polar surface area (TPSA) is 29.1 Å². The molecule has 2 nitrogen and oxygen atoms in total. The second-order valence-corrected chi connectivity index (χ2v) is 6.90. The summed E-state index contributed by atoms with van der Waals surface area (Å²) in [6.45, 7) is 0.977. The number of Topliss-reactive ketones (excluding diaryl/α,β-unsaturated/α-hetero) is 1. The summed E-state index contributed by atoms with van der Waals surface area (Å²) in [6.07, 6.45) is 1.54. The number of rotatable bonds is 3. The highest BCUT2D eigenvalue weighted by molar-refractivity contribution is 9.11. The van der Waals surface area contributed by atoms with Crippen LogP contribution in [0.2, 0.25) is 0 Å². The van der Waals surface area contributed by atoms with Crippen molar-refractivity contribution in [3.8, 4) is 0 Å². The quantitative estimate of drug-likeness (QED) is 0.868. The number of anilines is 1. The van der Waals surface area contributed by atoms with Crippen LogP contribution in [0.5, 0.6) is 0 Å². The van der Waals surface area contributed by atoms with Gasteiger partial charge in [-0.2, -0.15) is 0 Å². The number of carbonyl (C=O) groups excluding carboxylic acids is 1. The molecule has 0 spiro atoms. The van der Waals surface area contributed by atoms with E-state index in [1.807, 2.05) is 24.3 Å². The standard InChI is InChI=1S/C14H12BrNOS/c15-14-4-3-11(18-14)8-13(17)10-2-1-9-5-6-16-12(9)7-10/h1-4,7,16H,5-6,8H2. The minimum absolute atomic E-state index is 0.181. The summed E-state index contributed by atoms with van der Waals surface area (Å²) in [5.74, 6) is 0.181. The van der Waals surface area contributed by atoms with E-state index in [-0.39, 0.29) is 5.78 Å². The molecule has 4 heteroatoms. The number of hydrogen-bond donors (Lipinski definition) is 1. The van der Waals surface area contributed by atoms with Crippen LogP contribution >= 0.6 is 27.3 Å². The van der Waals surface area contributed by atoms with E-state index >= 15 is 0 Å². The lowest BCUT2D eigenvalue weighted by molar-refractivity contribution is 0.0994. The average Bonchev–Trinajstić information content (AvgIpc) is 2.96. The molecule has 0 bridgehead atoms. The molecule has 1 aromatic carbocycles. The van der Waals surface area contributed by atoms with Crippen molar-refractivity contribution in [2.75, 3.05) is 11.9 Å². The summed E-state index contributed by atoms with van der Waals surface area (Å²) in [5.41, 5.74) is 3.23. The number of halogens is 1. The molecule has 92 valence electrons. The molecule has 18 heavy (non-hydrogen) atoms. The molecule has 0 radical (unpaired) electrons. The van der Waals surface area contributed by atoms with Gasteiger partial charge in [0.15, 0.2) is 5.78 Å². The normalized spacial score (nSPS) is 13.2. The maximum atomic E-state index is 12.2. The molecule has 0 aliphatic carbocycles. The lowest BCUT2D eigenvalue weighted by atomic mass is 10.0. The van der Waals surface area contributed by atoms with Gasteiger partial charge in [-0.1, -0.05) is 12.1 Å². The Kier molecular flexibility index (Phi) is 3.22. The zero-order valence-corrected chi connectivity index (χ0v) is 12.1. The van der Waals surface area contributed by atoms with Crippen molar-refractivity contribution >= 4 is 38.7 Å². The number of nitrogens with one attached hydrogen (secondary N) is 1. The fourth-order valence-corrected chi connectivity index (χ4v) is 3.65. The van der Waals surface area contributed by atoms with Crippen LogP contribution in [0.4, 0.5) is 5.69 Å². The van der Waals surface area contributed by atoms with E-state index in [2.05, 4.69) is 27.3 Å². The van der Waals surface area contributed by atoms with E-state index in [1.165, 1.54) is 5.56 Å². The van der Waals surface area contributed by atoms with Crippen molar-refractivity contribution in [3.63, 3.8) is 0 Å². The largest absolute Gasteiger partial charge is 0.384 e. The summed E-state index contributed by atoms with van der Waals surface area (Å²) < 4.78 is 1.07. The maximum Gasteiger partial charge on any atom is 0.168 e. The van der Waals surface area contributed by atoms with E-state index < -0.39 is 0 Å². The van der Waals surface area contributed by atoms with Crippen LogP contribution in [0, 0.1) is 0 Å². The summed E-state index contributed by atoms with van der Waals surface area (Å²) in [4.78, 5) is 13.3. The minimum Gasteiger partial charge on any atom is -0.384 e. The van der Waals surface area contributed by atoms with E-state index in [9.17, 15) is 4.79 Å². The molecule has 0 saturated carbocycles. The van der Waals surface area contributed by atoms with Gasteiger partial charge >= 0.3 is 0 Å². The van der Waals surface area contributed by atoms with Crippen molar-refractivity contribution < 1.29 is 4.79 Å². The van der Waals surface area contributed by atoms with Gasteiger partial charge in [0, 0.05) is 29.1 Å². The van der Waals surface area contributed by atoms with Gasteiger partial charge in [-0.3, -0.25) is 4.79 Å². The molecule has 1 aromatic heterocycles. The number of carbonyl (C=O) groups is 1. The van der Waals surface area contributed by atoms with Crippen molar-refractivity contribution in [2.24, 2.45) is 0 Å². The van der Waals surface area contributed by atoms with Crippen molar-refractivity contribution in [3.05, 3.63) is 50.1 Å². The Bertz CT molecular complexity index is 606. The fraction of sp³-hybridized carbons (Fsp3) is 0.214. The molecular weight excluding hydrogens is 310 g/mol. The molecule has 3 rings (SSSR count). The Morgan fingerprint density at radius 3 is 3.00 bits per heavy atom. The molecule has 1 aliphatic rings. The molecular formula is C14H12BrNOS. The first-order valence-electron chi connectivity index (χ1n) is 5.86. The zero-order valence-electron chi connectivity index (χ0n) is 9.70. The molecule has 2 aromatic rings. The highest BCUT2D eigenvalue weighted by atomic mass is 79.9. The average molecular weight is 322 g/mol. The van der Waals surface area contributed by atoms with Crippen molar-refractivity contribution in [1.29, 1.82) is 0 Å². The number of hydrogen-bond acceptors (Lipinski definition) is 3. The second-order valence-electron chi connectivity index (χ2n) is 4.35. The number of ketones is 1. The van der Waals surface area contributed by atoms with Gasteiger partial charge in [0.1, 0.15) is 0 Å². The number of benzene rings is 1. The van der Waals surface area contributed by atoms with Crippen molar-refractivity contribution in [2.45, 2.75) is 12.8 Å². The monoisotopic (exact) mass is 321 g/mol. The minimum atomic E-state index is 0.181. The zero-order chi connectivity index (χ0) is 12.5. The van der Waals surface area contributed by atoms with Crippen LogP contribution in [0.15, 0.2) is 34.1 Å². The number of fused-ring (bicyclic) bond motifs is 1. The Morgan fingerprint density at radius 1 is 1.33 bits per heavy atom. The first-order chi connectivity index (χ1) is 8.72. The van der Waals surface area contributed by atoms with E-state index in [0.717, 1.165) is 32.9 Å². The lowest BCUT2D eigenvalue weighted by Crippen LogP contribution is -2.02. The van der Waals surface area contributed by atoms with Gasteiger partial charge in [0.2, 0.25) is 0 Å². The third kappa shape index (κ3) is 2.35. The lowest BCUT2D eigenvalue weighted by Gasteiger charge is -2.03. The fourth-order valence-electron chi connectivity index (χ4n) is 2.17.